The highest BCUT2D eigenvalue weighted by Crippen LogP contribution is 2.48. The first-order valence-electron chi connectivity index (χ1n) is 37.5. The van der Waals surface area contributed by atoms with Gasteiger partial charge in [0, 0.05) is 107 Å². The minimum atomic E-state index is 0.635. The number of thiophene rings is 2. The minimum Gasteiger partial charge on any atom is -0.309 e. The molecular weight excluding hydrogens is 1400 g/mol. The first kappa shape index (κ1) is 65.8. The molecule has 0 amide bonds. The van der Waals surface area contributed by atoms with Crippen LogP contribution in [-0.2, 0) is 0 Å². The number of hydrogen-bond donors (Lipinski definition) is 0. The summed E-state index contributed by atoms with van der Waals surface area (Å²) in [5.41, 5.74) is 21.7. The predicted molar refractivity (Wildman–Crippen MR) is 468 cm³/mol. The van der Waals surface area contributed by atoms with Crippen LogP contribution in [0.4, 0.5) is 0 Å². The van der Waals surface area contributed by atoms with Crippen LogP contribution in [0.15, 0.2) is 388 Å². The molecule has 0 radical (unpaired) electrons. The van der Waals surface area contributed by atoms with E-state index in [1.54, 1.807) is 0 Å². The molecule has 10 heteroatoms. The predicted octanol–water partition coefficient (Wildman–Crippen LogP) is 27.3. The molecule has 0 aliphatic carbocycles. The van der Waals surface area contributed by atoms with Gasteiger partial charge < -0.3 is 9.13 Å². The van der Waals surface area contributed by atoms with Crippen LogP contribution < -0.4 is 0 Å². The van der Waals surface area contributed by atoms with Gasteiger partial charge >= 0.3 is 0 Å². The Kier molecular flexibility index (Phi) is 16.4. The van der Waals surface area contributed by atoms with Gasteiger partial charge in [-0.25, -0.2) is 29.9 Å². The average Bonchev–Trinajstić information content (AvgIpc) is 1.56. The molecule has 0 saturated carbocycles. The van der Waals surface area contributed by atoms with Crippen LogP contribution in [0.2, 0.25) is 0 Å². The summed E-state index contributed by atoms with van der Waals surface area (Å²) < 4.78 is 9.80. The number of hydrogen-bond acceptors (Lipinski definition) is 8. The van der Waals surface area contributed by atoms with Gasteiger partial charge in [0.2, 0.25) is 0 Å². The van der Waals surface area contributed by atoms with Crippen molar-refractivity contribution in [1.82, 2.24) is 39.0 Å². The molecule has 0 fully saturated rings. The highest BCUT2D eigenvalue weighted by Gasteiger charge is 2.25. The van der Waals surface area contributed by atoms with Gasteiger partial charge in [-0.2, -0.15) is 0 Å². The topological polar surface area (TPSA) is 87.2 Å². The molecule has 0 spiro atoms. The summed E-state index contributed by atoms with van der Waals surface area (Å²) >= 11 is 3.69. The van der Waals surface area contributed by atoms with Crippen molar-refractivity contribution >= 4 is 107 Å². The molecule has 0 saturated heterocycles. The van der Waals surface area contributed by atoms with Crippen LogP contribution in [-0.4, -0.2) is 39.0 Å². The molecule has 0 aliphatic heterocycles. The molecule has 8 nitrogen and oxygen atoms in total. The highest BCUT2D eigenvalue weighted by molar-refractivity contribution is 7.26. The van der Waals surface area contributed by atoms with Crippen molar-refractivity contribution in [2.45, 2.75) is 0 Å². The molecule has 0 bridgehead atoms. The van der Waals surface area contributed by atoms with Crippen LogP contribution in [0.25, 0.3) is 208 Å². The number of para-hydroxylation sites is 4. The normalized spacial score (nSPS) is 11.6. The summed E-state index contributed by atoms with van der Waals surface area (Å²) in [7, 11) is 0. The molecule has 6 heterocycles. The van der Waals surface area contributed by atoms with Crippen LogP contribution in [0.3, 0.4) is 0 Å². The first-order valence-corrected chi connectivity index (χ1v) is 39.2. The zero-order chi connectivity index (χ0) is 74.0. The maximum Gasteiger partial charge on any atom is 0.164 e. The van der Waals surface area contributed by atoms with Crippen molar-refractivity contribution in [2.75, 3.05) is 0 Å². The number of nitrogens with zero attached hydrogens (tertiary/aromatic N) is 8. The molecule has 22 aromatic rings. The van der Waals surface area contributed by atoms with E-state index in [0.717, 1.165) is 89.3 Å². The third kappa shape index (κ3) is 11.9. The molecule has 112 heavy (non-hydrogen) atoms. The lowest BCUT2D eigenvalue weighted by Gasteiger charge is -2.15. The maximum atomic E-state index is 5.23. The molecule has 0 N–H and O–H groups in total. The van der Waals surface area contributed by atoms with E-state index >= 15 is 0 Å². The Hall–Kier alpha value is -14.4. The molecular formula is C102H64N8S2. The lowest BCUT2D eigenvalue weighted by molar-refractivity contribution is 1.07. The Bertz CT molecular complexity index is 7220. The van der Waals surface area contributed by atoms with Gasteiger partial charge in [0.15, 0.2) is 34.9 Å². The molecule has 0 unspecified atom stereocenters. The maximum absolute atomic E-state index is 5.23. The Morgan fingerprint density at radius 2 is 0.527 bits per heavy atom. The van der Waals surface area contributed by atoms with Crippen LogP contribution >= 0.6 is 22.7 Å². The lowest BCUT2D eigenvalue weighted by Crippen LogP contribution is -2.01. The Morgan fingerprint density at radius 1 is 0.170 bits per heavy atom. The van der Waals surface area contributed by atoms with Gasteiger partial charge in [0.25, 0.3) is 0 Å². The van der Waals surface area contributed by atoms with Crippen molar-refractivity contribution in [2.24, 2.45) is 0 Å². The summed E-state index contributed by atoms with van der Waals surface area (Å²) in [4.78, 5) is 30.9. The van der Waals surface area contributed by atoms with Crippen LogP contribution in [0.5, 0.6) is 0 Å². The van der Waals surface area contributed by atoms with Crippen LogP contribution in [0, 0.1) is 0 Å². The second-order valence-electron chi connectivity index (χ2n) is 28.0. The van der Waals surface area contributed by atoms with Crippen molar-refractivity contribution in [3.05, 3.63) is 388 Å². The van der Waals surface area contributed by atoms with E-state index in [4.69, 9.17) is 29.9 Å². The number of rotatable bonds is 12. The van der Waals surface area contributed by atoms with E-state index < -0.39 is 0 Å². The van der Waals surface area contributed by atoms with E-state index in [9.17, 15) is 0 Å². The second kappa shape index (κ2) is 28.0. The third-order valence-corrected chi connectivity index (χ3v) is 23.6. The fourth-order valence-corrected chi connectivity index (χ4v) is 18.3. The molecule has 0 aliphatic rings. The Morgan fingerprint density at radius 3 is 0.991 bits per heavy atom. The lowest BCUT2D eigenvalue weighted by atomic mass is 9.91. The van der Waals surface area contributed by atoms with E-state index in [2.05, 4.69) is 325 Å². The monoisotopic (exact) mass is 1460 g/mol. The number of aromatic nitrogens is 8. The number of benzene rings is 16. The van der Waals surface area contributed by atoms with Crippen molar-refractivity contribution in [3.63, 3.8) is 0 Å². The largest absolute Gasteiger partial charge is 0.309 e. The molecule has 524 valence electrons. The van der Waals surface area contributed by atoms with Gasteiger partial charge in [0.05, 0.1) is 22.1 Å². The summed E-state index contributed by atoms with van der Waals surface area (Å²) in [6, 6.07) is 137. The van der Waals surface area contributed by atoms with Gasteiger partial charge in [-0.15, -0.1) is 22.7 Å². The van der Waals surface area contributed by atoms with E-state index in [0.29, 0.717) is 34.9 Å². The van der Waals surface area contributed by atoms with E-state index in [1.165, 1.54) is 84.0 Å². The van der Waals surface area contributed by atoms with Gasteiger partial charge in [-0.05, 0) is 136 Å². The minimum absolute atomic E-state index is 0.635. The van der Waals surface area contributed by atoms with Crippen molar-refractivity contribution in [3.8, 4) is 124 Å². The van der Waals surface area contributed by atoms with E-state index in [1.807, 2.05) is 95.5 Å². The second-order valence-corrected chi connectivity index (χ2v) is 30.2. The summed E-state index contributed by atoms with van der Waals surface area (Å²) in [6.45, 7) is 0. The Labute approximate surface area is 653 Å². The standard InChI is InChI=1S/2C51H32N4S/c1-5-16-33(17-6-1)36-28-29-38(42(30-36)51-53-49(34-18-7-2-8-19-34)52-50(54-51)35-20-9-3-10-21-35)40-25-15-27-46-48(40)43-31-41-39-24-13-14-26-44(39)55(37-22-11-4-12-23-37)45(41)32-47(43)56-46;1-5-15-33(16-6-1)36-25-27-39(44(29-36)51-53-49(34-17-7-2-8-18-34)52-50(54-51)35-19-9-3-10-20-35)37-26-28-47-42(30-37)43-31-41-40-23-13-14-24-45(40)55(38-21-11-4-12-22-38)46(41)32-48(43)56-47/h2*1-32H. The first-order chi connectivity index (χ1) is 55.5. The number of fused-ring (bicyclic) bond motifs is 12. The molecule has 16 aromatic carbocycles. The zero-order valence-corrected chi connectivity index (χ0v) is 62.0. The van der Waals surface area contributed by atoms with Gasteiger partial charge in [0.1, 0.15) is 0 Å². The quantitative estimate of drug-likeness (QED) is 0.121. The van der Waals surface area contributed by atoms with Gasteiger partial charge in [-0.3, -0.25) is 0 Å². The highest BCUT2D eigenvalue weighted by atomic mass is 32.1. The van der Waals surface area contributed by atoms with Gasteiger partial charge in [-0.1, -0.05) is 297 Å². The molecule has 6 aromatic heterocycles. The fourth-order valence-electron chi connectivity index (χ4n) is 16.1. The average molecular weight is 1470 g/mol. The zero-order valence-electron chi connectivity index (χ0n) is 60.3. The van der Waals surface area contributed by atoms with Crippen molar-refractivity contribution < 1.29 is 0 Å². The third-order valence-electron chi connectivity index (χ3n) is 21.3. The summed E-state index contributed by atoms with van der Waals surface area (Å²) in [5, 5.41) is 9.96. The Balaban J connectivity index is 0.000000141. The molecule has 0 atom stereocenters. The summed E-state index contributed by atoms with van der Waals surface area (Å²) in [5.74, 6) is 3.84. The summed E-state index contributed by atoms with van der Waals surface area (Å²) in [6.07, 6.45) is 0. The SMILES string of the molecule is c1ccc(-c2ccc(-c3ccc4sc5cc6c(cc5c4c3)c3ccccc3n6-c3ccccc3)c(-c3nc(-c4ccccc4)nc(-c4ccccc4)n3)c2)cc1.c1ccc(-c2ccc(-c3cccc4sc5cc6c(cc5c34)c3ccccc3n6-c3ccccc3)c(-c3nc(-c4ccccc4)nc(-c4ccccc4)n3)c2)cc1. The molecule has 22 rings (SSSR count). The van der Waals surface area contributed by atoms with E-state index in [-0.39, 0.29) is 0 Å². The fraction of sp³-hybridized carbons (Fsp3) is 0. The van der Waals surface area contributed by atoms with Crippen LogP contribution in [0.1, 0.15) is 0 Å². The van der Waals surface area contributed by atoms with Crippen molar-refractivity contribution in [1.29, 1.82) is 0 Å². The smallest absolute Gasteiger partial charge is 0.164 e.